The van der Waals surface area contributed by atoms with Crippen LogP contribution in [-0.2, 0) is 0 Å². The number of rotatable bonds is 5. The molecule has 1 aliphatic heterocycles. The Kier molecular flexibility index (Phi) is 4.74. The molecular weight excluding hydrogens is 240 g/mol. The molecule has 1 amide bonds. The van der Waals surface area contributed by atoms with Crippen molar-refractivity contribution in [2.45, 2.75) is 31.7 Å². The van der Waals surface area contributed by atoms with E-state index in [9.17, 15) is 4.79 Å². The van der Waals surface area contributed by atoms with Crippen LogP contribution in [0.15, 0.2) is 18.3 Å². The third-order valence-corrected chi connectivity index (χ3v) is 3.65. The molecule has 0 bridgehead atoms. The second-order valence-corrected chi connectivity index (χ2v) is 4.90. The first-order valence-corrected chi connectivity index (χ1v) is 6.91. The second-order valence-electron chi connectivity index (χ2n) is 4.90. The van der Waals surface area contributed by atoms with E-state index in [0.717, 1.165) is 31.6 Å². The predicted molar refractivity (Wildman–Crippen MR) is 76.3 cm³/mol. The van der Waals surface area contributed by atoms with Crippen LogP contribution in [0.1, 0.15) is 36.2 Å². The zero-order valence-corrected chi connectivity index (χ0v) is 11.4. The van der Waals surface area contributed by atoms with Crippen LogP contribution in [0, 0.1) is 0 Å². The molecule has 1 aromatic rings. The fraction of sp³-hybridized carbons (Fsp3) is 0.571. The molecule has 0 aliphatic carbocycles. The van der Waals surface area contributed by atoms with Crippen molar-refractivity contribution in [1.29, 1.82) is 0 Å². The molecule has 5 nitrogen and oxygen atoms in total. The Morgan fingerprint density at radius 3 is 3.21 bits per heavy atom. The SMILES string of the molecule is CNC(=O)c1cc(N2CCCC2CCCN)ccn1. The van der Waals surface area contributed by atoms with Crippen molar-refractivity contribution in [3.8, 4) is 0 Å². The van der Waals surface area contributed by atoms with E-state index in [1.165, 1.54) is 12.8 Å². The lowest BCUT2D eigenvalue weighted by molar-refractivity contribution is 0.0958. The molecule has 19 heavy (non-hydrogen) atoms. The van der Waals surface area contributed by atoms with Crippen LogP contribution in [-0.4, -0.2) is 37.1 Å². The number of amides is 1. The standard InChI is InChI=1S/C14H22N4O/c1-16-14(19)13-10-12(6-8-17-13)18-9-3-5-11(18)4-2-7-15/h6,8,10-11H,2-5,7,9,15H2,1H3,(H,16,19). The van der Waals surface area contributed by atoms with Gasteiger partial charge in [0.2, 0.25) is 0 Å². The maximum absolute atomic E-state index is 11.6. The first-order valence-electron chi connectivity index (χ1n) is 6.91. The zero-order valence-electron chi connectivity index (χ0n) is 11.4. The number of nitrogens with two attached hydrogens (primary N) is 1. The number of nitrogens with zero attached hydrogens (tertiary/aromatic N) is 2. The van der Waals surface area contributed by atoms with Crippen LogP contribution >= 0.6 is 0 Å². The van der Waals surface area contributed by atoms with Crippen molar-refractivity contribution < 1.29 is 4.79 Å². The van der Waals surface area contributed by atoms with Gasteiger partial charge in [-0.15, -0.1) is 0 Å². The zero-order chi connectivity index (χ0) is 13.7. The van der Waals surface area contributed by atoms with Crippen LogP contribution in [0.3, 0.4) is 0 Å². The highest BCUT2D eigenvalue weighted by atomic mass is 16.1. The van der Waals surface area contributed by atoms with E-state index in [1.807, 2.05) is 12.1 Å². The van der Waals surface area contributed by atoms with Crippen molar-refractivity contribution in [1.82, 2.24) is 10.3 Å². The molecule has 5 heteroatoms. The van der Waals surface area contributed by atoms with Crippen molar-refractivity contribution in [3.63, 3.8) is 0 Å². The maximum Gasteiger partial charge on any atom is 0.269 e. The van der Waals surface area contributed by atoms with Crippen LogP contribution < -0.4 is 16.0 Å². The Hall–Kier alpha value is -1.62. The molecule has 104 valence electrons. The molecule has 1 aromatic heterocycles. The second kappa shape index (κ2) is 6.52. The smallest absolute Gasteiger partial charge is 0.269 e. The molecule has 0 saturated carbocycles. The summed E-state index contributed by atoms with van der Waals surface area (Å²) in [6.07, 6.45) is 6.28. The summed E-state index contributed by atoms with van der Waals surface area (Å²) < 4.78 is 0. The molecule has 1 atom stereocenters. The van der Waals surface area contributed by atoms with Gasteiger partial charge in [0.25, 0.3) is 5.91 Å². The molecule has 1 fully saturated rings. The minimum atomic E-state index is -0.139. The van der Waals surface area contributed by atoms with Crippen molar-refractivity contribution in [3.05, 3.63) is 24.0 Å². The number of hydrogen-bond donors (Lipinski definition) is 2. The van der Waals surface area contributed by atoms with Gasteiger partial charge < -0.3 is 16.0 Å². The number of carbonyl (C=O) groups excluding carboxylic acids is 1. The van der Waals surface area contributed by atoms with Gasteiger partial charge in [0.1, 0.15) is 5.69 Å². The number of aromatic nitrogens is 1. The van der Waals surface area contributed by atoms with Crippen molar-refractivity contribution in [2.75, 3.05) is 25.0 Å². The quantitative estimate of drug-likeness (QED) is 0.835. The summed E-state index contributed by atoms with van der Waals surface area (Å²) in [5.74, 6) is -0.139. The average Bonchev–Trinajstić information content (AvgIpc) is 2.92. The summed E-state index contributed by atoms with van der Waals surface area (Å²) in [6.45, 7) is 1.79. The third-order valence-electron chi connectivity index (χ3n) is 3.65. The van der Waals surface area contributed by atoms with Gasteiger partial charge in [0, 0.05) is 31.5 Å². The summed E-state index contributed by atoms with van der Waals surface area (Å²) in [5.41, 5.74) is 7.16. The summed E-state index contributed by atoms with van der Waals surface area (Å²) in [7, 11) is 1.62. The lowest BCUT2D eigenvalue weighted by Crippen LogP contribution is -2.30. The van der Waals surface area contributed by atoms with Crippen LogP contribution in [0.2, 0.25) is 0 Å². The first-order chi connectivity index (χ1) is 9.26. The Morgan fingerprint density at radius 1 is 1.63 bits per heavy atom. The summed E-state index contributed by atoms with van der Waals surface area (Å²) in [5, 5.41) is 2.61. The van der Waals surface area contributed by atoms with E-state index in [0.29, 0.717) is 11.7 Å². The van der Waals surface area contributed by atoms with Crippen LogP contribution in [0.4, 0.5) is 5.69 Å². The molecule has 1 unspecified atom stereocenters. The fourth-order valence-corrected chi connectivity index (χ4v) is 2.68. The van der Waals surface area contributed by atoms with Gasteiger partial charge in [-0.05, 0) is 44.4 Å². The molecule has 2 heterocycles. The monoisotopic (exact) mass is 262 g/mol. The minimum absolute atomic E-state index is 0.139. The predicted octanol–water partition coefficient (Wildman–Crippen LogP) is 1.15. The molecule has 0 spiro atoms. The average molecular weight is 262 g/mol. The number of carbonyl (C=O) groups is 1. The highest BCUT2D eigenvalue weighted by Crippen LogP contribution is 2.28. The molecule has 2 rings (SSSR count). The minimum Gasteiger partial charge on any atom is -0.368 e. The van der Waals surface area contributed by atoms with Crippen LogP contribution in [0.5, 0.6) is 0 Å². The molecular formula is C14H22N4O. The summed E-state index contributed by atoms with van der Waals surface area (Å²) in [4.78, 5) is 18.1. The van der Waals surface area contributed by atoms with Gasteiger partial charge >= 0.3 is 0 Å². The highest BCUT2D eigenvalue weighted by molar-refractivity contribution is 5.92. The van der Waals surface area contributed by atoms with E-state index < -0.39 is 0 Å². The van der Waals surface area contributed by atoms with Gasteiger partial charge in [-0.2, -0.15) is 0 Å². The van der Waals surface area contributed by atoms with Crippen molar-refractivity contribution in [2.24, 2.45) is 5.73 Å². The van der Waals surface area contributed by atoms with E-state index in [-0.39, 0.29) is 5.91 Å². The molecule has 0 radical (unpaired) electrons. The number of pyridine rings is 1. The van der Waals surface area contributed by atoms with Gasteiger partial charge in [-0.25, -0.2) is 0 Å². The Morgan fingerprint density at radius 2 is 2.47 bits per heavy atom. The lowest BCUT2D eigenvalue weighted by Gasteiger charge is -2.27. The third kappa shape index (κ3) is 3.23. The number of nitrogens with one attached hydrogen (secondary N) is 1. The van der Waals surface area contributed by atoms with E-state index in [4.69, 9.17) is 5.73 Å². The molecule has 3 N–H and O–H groups in total. The first kappa shape index (κ1) is 13.8. The van der Waals surface area contributed by atoms with Gasteiger partial charge in [-0.1, -0.05) is 0 Å². The topological polar surface area (TPSA) is 71.2 Å². The lowest BCUT2D eigenvalue weighted by atomic mass is 10.1. The van der Waals surface area contributed by atoms with E-state index >= 15 is 0 Å². The normalized spacial score (nSPS) is 18.6. The van der Waals surface area contributed by atoms with Crippen molar-refractivity contribution >= 4 is 11.6 Å². The Balaban J connectivity index is 2.14. The molecule has 1 saturated heterocycles. The summed E-state index contributed by atoms with van der Waals surface area (Å²) >= 11 is 0. The Bertz CT molecular complexity index is 435. The number of hydrogen-bond acceptors (Lipinski definition) is 4. The van der Waals surface area contributed by atoms with Crippen LogP contribution in [0.25, 0.3) is 0 Å². The highest BCUT2D eigenvalue weighted by Gasteiger charge is 2.24. The van der Waals surface area contributed by atoms with E-state index in [2.05, 4.69) is 15.2 Å². The number of anilines is 1. The fourth-order valence-electron chi connectivity index (χ4n) is 2.68. The van der Waals surface area contributed by atoms with Gasteiger partial charge in [0.15, 0.2) is 0 Å². The maximum atomic E-state index is 11.6. The molecule has 1 aliphatic rings. The van der Waals surface area contributed by atoms with Gasteiger partial charge in [0.05, 0.1) is 0 Å². The van der Waals surface area contributed by atoms with Gasteiger partial charge in [-0.3, -0.25) is 9.78 Å². The largest absolute Gasteiger partial charge is 0.368 e. The molecule has 0 aromatic carbocycles. The summed E-state index contributed by atoms with van der Waals surface area (Å²) in [6, 6.07) is 4.40. The Labute approximate surface area is 114 Å². The van der Waals surface area contributed by atoms with E-state index in [1.54, 1.807) is 13.2 Å².